The van der Waals surface area contributed by atoms with Crippen LogP contribution in [0.3, 0.4) is 0 Å². The van der Waals surface area contributed by atoms with Crippen molar-refractivity contribution in [1.82, 2.24) is 31.2 Å². The van der Waals surface area contributed by atoms with Crippen molar-refractivity contribution < 1.29 is 33.8 Å². The van der Waals surface area contributed by atoms with E-state index in [0.717, 1.165) is 22.3 Å². The first-order chi connectivity index (χ1) is 26.8. The van der Waals surface area contributed by atoms with E-state index in [1.54, 1.807) is 76.5 Å². The maximum Gasteiger partial charge on any atom is 0.408 e. The minimum atomic E-state index is -1.34. The van der Waals surface area contributed by atoms with Crippen molar-refractivity contribution >= 4 is 24.0 Å². The Bertz CT molecular complexity index is 1840. The number of carbonyl (C=O) groups is 4. The lowest BCUT2D eigenvalue weighted by Crippen LogP contribution is -2.61. The van der Waals surface area contributed by atoms with Gasteiger partial charge in [0.15, 0.2) is 0 Å². The predicted molar refractivity (Wildman–Crippen MR) is 212 cm³/mol. The van der Waals surface area contributed by atoms with E-state index in [4.69, 9.17) is 9.47 Å². The molecule has 0 saturated carbocycles. The summed E-state index contributed by atoms with van der Waals surface area (Å²) < 4.78 is 10.7. The molecule has 2 aromatic heterocycles. The van der Waals surface area contributed by atoms with Crippen LogP contribution >= 0.6 is 0 Å². The number of alkyl carbamates (subject to hydrolysis) is 2. The predicted octanol–water partition coefficient (Wildman–Crippen LogP) is 5.11. The smallest absolute Gasteiger partial charge is 0.408 e. The third-order valence-corrected chi connectivity index (χ3v) is 9.11. The number of ether oxygens (including phenoxy) is 2. The second-order valence-electron chi connectivity index (χ2n) is 14.6. The number of carbonyl (C=O) groups excluding carboxylic acids is 4. The molecule has 0 spiro atoms. The van der Waals surface area contributed by atoms with Crippen LogP contribution in [-0.4, -0.2) is 69.3 Å². The lowest BCUT2D eigenvalue weighted by atomic mass is 9.90. The van der Waals surface area contributed by atoms with Gasteiger partial charge in [-0.3, -0.25) is 19.6 Å². The molecule has 0 aliphatic carbocycles. The fourth-order valence-corrected chi connectivity index (χ4v) is 6.30. The average Bonchev–Trinajstić information content (AvgIpc) is 3.17. The number of nitrogens with one attached hydrogen (secondary N) is 4. The first-order valence-corrected chi connectivity index (χ1v) is 18.8. The highest BCUT2D eigenvalue weighted by Crippen LogP contribution is 2.18. The van der Waals surface area contributed by atoms with Crippen molar-refractivity contribution in [3.8, 4) is 0 Å². The summed E-state index contributed by atoms with van der Waals surface area (Å²) in [4.78, 5) is 62.1. The highest BCUT2D eigenvalue weighted by Gasteiger charge is 2.36. The van der Waals surface area contributed by atoms with Crippen LogP contribution in [0.2, 0.25) is 0 Å². The summed E-state index contributed by atoms with van der Waals surface area (Å²) in [5.41, 5.74) is 4.80. The first kappa shape index (κ1) is 42.9. The van der Waals surface area contributed by atoms with Gasteiger partial charge in [-0.1, -0.05) is 99.5 Å². The van der Waals surface area contributed by atoms with E-state index < -0.39 is 54.3 Å². The number of rotatable bonds is 18. The number of hydrogen-bond donors (Lipinski definition) is 5. The summed E-state index contributed by atoms with van der Waals surface area (Å²) >= 11 is 0. The van der Waals surface area contributed by atoms with Crippen LogP contribution in [0.5, 0.6) is 0 Å². The Morgan fingerprint density at radius 3 is 1.43 bits per heavy atom. The fraction of sp³-hybridized carbons (Fsp3) is 0.395. The lowest BCUT2D eigenvalue weighted by molar-refractivity contribution is -0.126. The standard InChI is InChI=1S/C43H54N6O7/c1-27(2)37(48-42(53)55-25-33-16-10-12-18-44-33)40(51)46-35(23-31-14-8-7-9-15-31)39(50)36(24-32-21-29(5)20-30(6)22-32)47-41(52)38(28(3)4)49-43(54)56-26-34-17-11-13-19-45-34/h7-22,27-28,35-39,50H,23-26H2,1-6H3,(H,46,51)(H,47,52)(H,48,53)(H,49,54)/t35-,36-,37-,38-,39+/m0/s1. The fourth-order valence-electron chi connectivity index (χ4n) is 6.30. The number of pyridine rings is 2. The van der Waals surface area contributed by atoms with Crippen LogP contribution in [0.25, 0.3) is 0 Å². The molecule has 5 N–H and O–H groups in total. The number of aryl methyl sites for hydroxylation is 2. The number of benzene rings is 2. The minimum absolute atomic E-state index is 0.0809. The molecule has 4 aromatic rings. The van der Waals surface area contributed by atoms with Gasteiger partial charge in [0, 0.05) is 12.4 Å². The monoisotopic (exact) mass is 766 g/mol. The summed E-state index contributed by atoms with van der Waals surface area (Å²) in [6.07, 6.45) is 0.662. The van der Waals surface area contributed by atoms with Gasteiger partial charge in [0.25, 0.3) is 0 Å². The third kappa shape index (κ3) is 13.8. The number of aliphatic hydroxyl groups is 1. The Labute approximate surface area is 329 Å². The molecule has 5 atom stereocenters. The van der Waals surface area contributed by atoms with Gasteiger partial charge < -0.3 is 35.8 Å². The summed E-state index contributed by atoms with van der Waals surface area (Å²) in [7, 11) is 0. The normalized spacial score (nSPS) is 13.8. The van der Waals surface area contributed by atoms with Crippen molar-refractivity contribution in [3.63, 3.8) is 0 Å². The van der Waals surface area contributed by atoms with Crippen LogP contribution in [0.1, 0.15) is 61.3 Å². The van der Waals surface area contributed by atoms with Gasteiger partial charge in [0.05, 0.1) is 29.6 Å². The Morgan fingerprint density at radius 2 is 1.02 bits per heavy atom. The zero-order valence-electron chi connectivity index (χ0n) is 32.9. The van der Waals surface area contributed by atoms with E-state index >= 15 is 0 Å². The molecule has 2 heterocycles. The van der Waals surface area contributed by atoms with Crippen LogP contribution in [-0.2, 0) is 45.1 Å². The Balaban J connectivity index is 1.58. The zero-order valence-corrected chi connectivity index (χ0v) is 32.9. The summed E-state index contributed by atoms with van der Waals surface area (Å²) in [5.74, 6) is -1.78. The summed E-state index contributed by atoms with van der Waals surface area (Å²) in [6, 6.07) is 21.9. The molecule has 0 saturated heterocycles. The molecule has 298 valence electrons. The molecule has 2 aromatic carbocycles. The largest absolute Gasteiger partial charge is 0.443 e. The van der Waals surface area contributed by atoms with E-state index in [0.29, 0.717) is 11.4 Å². The van der Waals surface area contributed by atoms with E-state index in [9.17, 15) is 24.3 Å². The van der Waals surface area contributed by atoms with E-state index in [2.05, 4.69) is 31.2 Å². The van der Waals surface area contributed by atoms with Crippen molar-refractivity contribution in [1.29, 1.82) is 0 Å². The molecule has 0 aliphatic heterocycles. The maximum atomic E-state index is 14.1. The quantitative estimate of drug-likeness (QED) is 0.0920. The Hall–Kier alpha value is -5.82. The molecule has 56 heavy (non-hydrogen) atoms. The number of aromatic nitrogens is 2. The molecule has 0 aliphatic rings. The van der Waals surface area contributed by atoms with E-state index in [1.807, 2.05) is 62.4 Å². The molecular formula is C43H54N6O7. The molecule has 0 unspecified atom stereocenters. The summed E-state index contributed by atoms with van der Waals surface area (Å²) in [6.45, 7) is 10.9. The lowest BCUT2D eigenvalue weighted by Gasteiger charge is -2.34. The first-order valence-electron chi connectivity index (χ1n) is 18.8. The van der Waals surface area contributed by atoms with Gasteiger partial charge in [-0.25, -0.2) is 9.59 Å². The second kappa shape index (κ2) is 21.3. The van der Waals surface area contributed by atoms with Gasteiger partial charge in [0.1, 0.15) is 25.3 Å². The number of hydrogen-bond acceptors (Lipinski definition) is 9. The number of nitrogens with zero attached hydrogens (tertiary/aromatic N) is 2. The van der Waals surface area contributed by atoms with Crippen LogP contribution in [0, 0.1) is 25.7 Å². The molecule has 13 nitrogen and oxygen atoms in total. The number of aliphatic hydroxyl groups excluding tert-OH is 1. The highest BCUT2D eigenvalue weighted by atomic mass is 16.6. The molecule has 13 heteroatoms. The SMILES string of the molecule is Cc1cc(C)cc(C[C@H](NC(=O)[C@@H](NC(=O)OCc2ccccn2)C(C)C)[C@H](O)[C@H](Cc2ccccc2)NC(=O)[C@@H](NC(=O)OCc2ccccn2)C(C)C)c1. The van der Waals surface area contributed by atoms with E-state index in [1.165, 1.54) is 0 Å². The zero-order chi connectivity index (χ0) is 40.6. The van der Waals surface area contributed by atoms with Gasteiger partial charge in [-0.15, -0.1) is 0 Å². The van der Waals surface area contributed by atoms with Crippen molar-refractivity contribution in [2.24, 2.45) is 11.8 Å². The average molecular weight is 767 g/mol. The second-order valence-corrected chi connectivity index (χ2v) is 14.6. The van der Waals surface area contributed by atoms with Gasteiger partial charge in [0.2, 0.25) is 11.8 Å². The number of amides is 4. The van der Waals surface area contributed by atoms with Crippen LogP contribution in [0.15, 0.2) is 97.3 Å². The molecule has 0 fully saturated rings. The van der Waals surface area contributed by atoms with Gasteiger partial charge in [-0.2, -0.15) is 0 Å². The van der Waals surface area contributed by atoms with Crippen molar-refractivity contribution in [2.45, 2.75) is 97.9 Å². The van der Waals surface area contributed by atoms with Gasteiger partial charge >= 0.3 is 12.2 Å². The molecule has 4 amide bonds. The van der Waals surface area contributed by atoms with E-state index in [-0.39, 0.29) is 37.9 Å². The van der Waals surface area contributed by atoms with Crippen LogP contribution < -0.4 is 21.3 Å². The van der Waals surface area contributed by atoms with Crippen molar-refractivity contribution in [3.05, 3.63) is 131 Å². The molecule has 0 bridgehead atoms. The molecule has 0 radical (unpaired) electrons. The summed E-state index contributed by atoms with van der Waals surface area (Å²) in [5, 5.41) is 23.6. The Morgan fingerprint density at radius 1 is 0.589 bits per heavy atom. The highest BCUT2D eigenvalue weighted by molar-refractivity contribution is 5.87. The molecule has 4 rings (SSSR count). The minimum Gasteiger partial charge on any atom is -0.443 e. The molecular weight excluding hydrogens is 713 g/mol. The maximum absolute atomic E-state index is 14.1. The Kier molecular flexibility index (Phi) is 16.3. The third-order valence-electron chi connectivity index (χ3n) is 9.11. The van der Waals surface area contributed by atoms with Gasteiger partial charge in [-0.05, 0) is 73.9 Å². The topological polar surface area (TPSA) is 181 Å². The van der Waals surface area contributed by atoms with Crippen molar-refractivity contribution in [2.75, 3.05) is 0 Å². The van der Waals surface area contributed by atoms with Crippen LogP contribution in [0.4, 0.5) is 9.59 Å².